The van der Waals surface area contributed by atoms with Gasteiger partial charge in [-0.15, -0.1) is 0 Å². The standard InChI is InChI=1S/2C22H32O3S.Ba/c2*1-2-3-4-5-6-7-8-9-10-11-15-20-18-17-19-14-12-13-16-21(19)22(20)26(23,24)25;/h2*12-14,16-18H,2-11,15H2,1H3,(H,23,24,25);/q;;+2/p-2. The molecule has 53 heavy (non-hydrogen) atoms. The van der Waals surface area contributed by atoms with Crippen molar-refractivity contribution in [2.45, 2.75) is 165 Å². The second-order valence-electron chi connectivity index (χ2n) is 14.3. The van der Waals surface area contributed by atoms with Gasteiger partial charge >= 0.3 is 48.9 Å². The fourth-order valence-corrected chi connectivity index (χ4v) is 9.06. The van der Waals surface area contributed by atoms with Gasteiger partial charge in [-0.1, -0.05) is 202 Å². The molecule has 6 nitrogen and oxygen atoms in total. The molecular weight excluding hydrogens is 826 g/mol. The van der Waals surface area contributed by atoms with E-state index in [-0.39, 0.29) is 58.7 Å². The SMILES string of the molecule is CCCCCCCCCCCCc1ccc2ccccc2c1S(=O)(=O)[O-].CCCCCCCCCCCCc1ccc2ccccc2c1S(=O)(=O)[O-].[Ba+2]. The van der Waals surface area contributed by atoms with Crippen molar-refractivity contribution in [2.75, 3.05) is 0 Å². The van der Waals surface area contributed by atoms with Crippen LogP contribution in [0.4, 0.5) is 0 Å². The zero-order chi connectivity index (χ0) is 37.7. The van der Waals surface area contributed by atoms with Crippen LogP contribution in [0.1, 0.15) is 153 Å². The summed E-state index contributed by atoms with van der Waals surface area (Å²) in [5.41, 5.74) is 1.33. The monoisotopic (exact) mass is 888 g/mol. The Labute approximate surface area is 361 Å². The molecule has 288 valence electrons. The van der Waals surface area contributed by atoms with Crippen molar-refractivity contribution in [2.24, 2.45) is 0 Å². The van der Waals surface area contributed by atoms with Crippen molar-refractivity contribution in [3.8, 4) is 0 Å². The largest absolute Gasteiger partial charge is 2.00 e. The minimum atomic E-state index is -4.47. The van der Waals surface area contributed by atoms with Crippen molar-refractivity contribution >= 4 is 90.7 Å². The third-order valence-electron chi connectivity index (χ3n) is 10.0. The number of fused-ring (bicyclic) bond motifs is 2. The van der Waals surface area contributed by atoms with E-state index in [1.54, 1.807) is 36.4 Å². The summed E-state index contributed by atoms with van der Waals surface area (Å²) >= 11 is 0. The van der Waals surface area contributed by atoms with Gasteiger partial charge in [0, 0.05) is 0 Å². The number of hydrogen-bond donors (Lipinski definition) is 0. The van der Waals surface area contributed by atoms with Crippen LogP contribution in [0.25, 0.3) is 21.5 Å². The first-order chi connectivity index (χ1) is 25.1. The third-order valence-corrected chi connectivity index (χ3v) is 12.0. The summed E-state index contributed by atoms with van der Waals surface area (Å²) in [5, 5.41) is 2.70. The van der Waals surface area contributed by atoms with Crippen LogP contribution in [0.15, 0.2) is 82.6 Å². The second kappa shape index (κ2) is 26.6. The Bertz CT molecular complexity index is 1700. The average molecular weight is 888 g/mol. The zero-order valence-electron chi connectivity index (χ0n) is 32.5. The molecule has 0 bridgehead atoms. The van der Waals surface area contributed by atoms with Crippen molar-refractivity contribution < 1.29 is 25.9 Å². The fraction of sp³-hybridized carbons (Fsp3) is 0.545. The van der Waals surface area contributed by atoms with Crippen LogP contribution >= 0.6 is 0 Å². The van der Waals surface area contributed by atoms with Gasteiger partial charge in [-0.3, -0.25) is 0 Å². The van der Waals surface area contributed by atoms with Gasteiger partial charge in [0.05, 0.1) is 9.79 Å². The summed E-state index contributed by atoms with van der Waals surface area (Å²) in [7, 11) is -8.95. The summed E-state index contributed by atoms with van der Waals surface area (Å²) in [6.07, 6.45) is 26.1. The number of unbranched alkanes of at least 4 members (excludes halogenated alkanes) is 18. The third kappa shape index (κ3) is 17.6. The van der Waals surface area contributed by atoms with Crippen LogP contribution < -0.4 is 0 Å². The maximum atomic E-state index is 11.8. The molecule has 0 aromatic heterocycles. The molecule has 0 spiro atoms. The van der Waals surface area contributed by atoms with Crippen molar-refractivity contribution in [3.05, 3.63) is 83.9 Å². The first-order valence-corrected chi connectivity index (χ1v) is 22.8. The van der Waals surface area contributed by atoms with Gasteiger partial charge in [-0.25, -0.2) is 16.8 Å². The van der Waals surface area contributed by atoms with Gasteiger partial charge in [0.25, 0.3) is 0 Å². The van der Waals surface area contributed by atoms with Crippen molar-refractivity contribution in [1.82, 2.24) is 0 Å². The molecule has 0 saturated carbocycles. The molecule has 0 radical (unpaired) electrons. The Hall–Kier alpha value is -1.21. The number of aryl methyl sites for hydroxylation is 2. The zero-order valence-corrected chi connectivity index (χ0v) is 38.5. The van der Waals surface area contributed by atoms with Crippen LogP contribution in [0.5, 0.6) is 0 Å². The van der Waals surface area contributed by atoms with Gasteiger partial charge in [0.1, 0.15) is 20.2 Å². The topological polar surface area (TPSA) is 114 Å². The van der Waals surface area contributed by atoms with Crippen LogP contribution in [-0.2, 0) is 33.1 Å². The summed E-state index contributed by atoms with van der Waals surface area (Å²) < 4.78 is 70.8. The number of hydrogen-bond acceptors (Lipinski definition) is 6. The first-order valence-electron chi connectivity index (χ1n) is 20.0. The Morgan fingerprint density at radius 2 is 0.679 bits per heavy atom. The van der Waals surface area contributed by atoms with Gasteiger partial charge in [0.15, 0.2) is 0 Å². The first kappa shape index (κ1) is 47.9. The van der Waals surface area contributed by atoms with E-state index in [0.29, 0.717) is 34.7 Å². The summed E-state index contributed by atoms with van der Waals surface area (Å²) in [6, 6.07) is 21.8. The Morgan fingerprint density at radius 3 is 0.981 bits per heavy atom. The van der Waals surface area contributed by atoms with E-state index < -0.39 is 20.2 Å². The maximum Gasteiger partial charge on any atom is 2.00 e. The molecule has 0 saturated heterocycles. The molecule has 4 aromatic rings. The van der Waals surface area contributed by atoms with Crippen LogP contribution in [0.2, 0.25) is 0 Å². The molecule has 0 N–H and O–H groups in total. The summed E-state index contributed by atoms with van der Waals surface area (Å²) in [6.45, 7) is 4.47. The number of rotatable bonds is 24. The van der Waals surface area contributed by atoms with Crippen molar-refractivity contribution in [1.29, 1.82) is 0 Å². The Kier molecular flexibility index (Phi) is 24.1. The Morgan fingerprint density at radius 1 is 0.396 bits per heavy atom. The molecule has 0 amide bonds. The van der Waals surface area contributed by atoms with Gasteiger partial charge in [0.2, 0.25) is 0 Å². The average Bonchev–Trinajstić information content (AvgIpc) is 3.12. The molecule has 4 aromatic carbocycles. The normalized spacial score (nSPS) is 11.7. The molecule has 0 heterocycles. The maximum absolute atomic E-state index is 11.8. The molecule has 0 aliphatic heterocycles. The summed E-state index contributed by atoms with van der Waals surface area (Å²) in [4.78, 5) is -0.0435. The van der Waals surface area contributed by atoms with Gasteiger partial charge in [-0.05, 0) is 58.4 Å². The van der Waals surface area contributed by atoms with Crippen molar-refractivity contribution in [3.63, 3.8) is 0 Å². The molecule has 0 atom stereocenters. The molecule has 0 fully saturated rings. The minimum absolute atomic E-state index is 0. The fourth-order valence-electron chi connectivity index (χ4n) is 7.17. The molecule has 0 aliphatic rings. The van der Waals surface area contributed by atoms with Gasteiger partial charge < -0.3 is 9.11 Å². The van der Waals surface area contributed by atoms with E-state index in [4.69, 9.17) is 0 Å². The molecule has 0 aliphatic carbocycles. The minimum Gasteiger partial charge on any atom is -0.744 e. The van der Waals surface area contributed by atoms with Crippen LogP contribution in [0, 0.1) is 0 Å². The predicted molar refractivity (Wildman–Crippen MR) is 221 cm³/mol. The van der Waals surface area contributed by atoms with E-state index in [0.717, 1.165) is 36.5 Å². The molecule has 9 heteroatoms. The predicted octanol–water partition coefficient (Wildman–Crippen LogP) is 12.0. The van der Waals surface area contributed by atoms with E-state index in [1.807, 2.05) is 36.4 Å². The van der Waals surface area contributed by atoms with Gasteiger partial charge in [-0.2, -0.15) is 0 Å². The van der Waals surface area contributed by atoms with E-state index in [1.165, 1.54) is 103 Å². The molecule has 4 rings (SSSR count). The van der Waals surface area contributed by atoms with E-state index >= 15 is 0 Å². The quantitative estimate of drug-likeness (QED) is 0.0393. The van der Waals surface area contributed by atoms with E-state index in [2.05, 4.69) is 13.8 Å². The smallest absolute Gasteiger partial charge is 0.744 e. The second-order valence-corrected chi connectivity index (χ2v) is 17.0. The number of benzene rings is 4. The summed E-state index contributed by atoms with van der Waals surface area (Å²) in [5.74, 6) is 0. The Balaban J connectivity index is 0.000000360. The van der Waals surface area contributed by atoms with Crippen LogP contribution in [0.3, 0.4) is 0 Å². The molecular formula is C44H62BaO6S2. The van der Waals surface area contributed by atoms with Crippen LogP contribution in [-0.4, -0.2) is 74.8 Å². The van der Waals surface area contributed by atoms with E-state index in [9.17, 15) is 25.9 Å². The molecule has 0 unspecified atom stereocenters.